The molecule has 4 aliphatic heterocycles. The average Bonchev–Trinajstić information content (AvgIpc) is 3.29. The van der Waals surface area contributed by atoms with Gasteiger partial charge in [-0.05, 0) is 0 Å². The number of hydrogen-bond acceptors (Lipinski definition) is 7. The SMILES string of the molecule is OC(CC1(COCC2CO2)CO1)CC1(COCC2CO2)CO1. The second-order valence-electron chi connectivity index (χ2n) is 6.95. The Bertz CT molecular complexity index is 349. The molecule has 4 saturated heterocycles. The van der Waals surface area contributed by atoms with E-state index < -0.39 is 6.10 Å². The van der Waals surface area contributed by atoms with Gasteiger partial charge in [0.1, 0.15) is 23.4 Å². The fourth-order valence-corrected chi connectivity index (χ4v) is 2.74. The molecule has 4 atom stereocenters. The maximum atomic E-state index is 10.3. The molecule has 0 aliphatic carbocycles. The number of aliphatic hydroxyl groups is 1. The van der Waals surface area contributed by atoms with Gasteiger partial charge in [0.25, 0.3) is 0 Å². The van der Waals surface area contributed by atoms with Gasteiger partial charge in [-0.1, -0.05) is 0 Å². The van der Waals surface area contributed by atoms with Crippen molar-refractivity contribution in [3.63, 3.8) is 0 Å². The molecule has 4 aliphatic rings. The van der Waals surface area contributed by atoms with E-state index in [0.717, 1.165) is 13.2 Å². The molecule has 126 valence electrons. The molecule has 0 saturated carbocycles. The van der Waals surface area contributed by atoms with Crippen LogP contribution < -0.4 is 0 Å². The molecule has 4 unspecified atom stereocenters. The van der Waals surface area contributed by atoms with Gasteiger partial charge in [0.15, 0.2) is 0 Å². The Labute approximate surface area is 129 Å². The van der Waals surface area contributed by atoms with Gasteiger partial charge in [-0.3, -0.25) is 0 Å². The first kappa shape index (κ1) is 15.3. The topological polar surface area (TPSA) is 88.8 Å². The highest BCUT2D eigenvalue weighted by molar-refractivity contribution is 4.99. The van der Waals surface area contributed by atoms with Crippen molar-refractivity contribution in [2.45, 2.75) is 42.4 Å². The number of ether oxygens (including phenoxy) is 6. The van der Waals surface area contributed by atoms with E-state index >= 15 is 0 Å². The van der Waals surface area contributed by atoms with Gasteiger partial charge in [0.05, 0.1) is 59.0 Å². The summed E-state index contributed by atoms with van der Waals surface area (Å²) in [5.41, 5.74) is -0.625. The molecular weight excluding hydrogens is 292 g/mol. The van der Waals surface area contributed by atoms with Crippen LogP contribution in [-0.4, -0.2) is 87.5 Å². The minimum Gasteiger partial charge on any atom is -0.393 e. The molecule has 0 bridgehead atoms. The van der Waals surface area contributed by atoms with Crippen LogP contribution in [0, 0.1) is 0 Å². The largest absolute Gasteiger partial charge is 0.393 e. The third-order valence-corrected chi connectivity index (χ3v) is 4.46. The Morgan fingerprint density at radius 3 is 1.64 bits per heavy atom. The summed E-state index contributed by atoms with van der Waals surface area (Å²) < 4.78 is 32.4. The van der Waals surface area contributed by atoms with Crippen molar-refractivity contribution in [1.82, 2.24) is 0 Å². The van der Waals surface area contributed by atoms with Crippen molar-refractivity contribution in [3.8, 4) is 0 Å². The van der Waals surface area contributed by atoms with Gasteiger partial charge in [-0.2, -0.15) is 0 Å². The molecule has 7 nitrogen and oxygen atoms in total. The highest BCUT2D eigenvalue weighted by Crippen LogP contribution is 2.38. The summed E-state index contributed by atoms with van der Waals surface area (Å²) in [5.74, 6) is 0. The minimum atomic E-state index is -0.466. The molecule has 4 fully saturated rings. The Balaban J connectivity index is 1.14. The normalized spacial score (nSPS) is 43.0. The lowest BCUT2D eigenvalue weighted by Gasteiger charge is -2.20. The van der Waals surface area contributed by atoms with Crippen LogP contribution in [-0.2, 0) is 28.4 Å². The molecule has 0 amide bonds. The van der Waals surface area contributed by atoms with Crippen LogP contribution in [0.5, 0.6) is 0 Å². The monoisotopic (exact) mass is 316 g/mol. The summed E-state index contributed by atoms with van der Waals surface area (Å²) in [6, 6.07) is 0. The van der Waals surface area contributed by atoms with Gasteiger partial charge >= 0.3 is 0 Å². The predicted octanol–water partition coefficient (Wildman–Crippen LogP) is -0.504. The van der Waals surface area contributed by atoms with Crippen LogP contribution in [0.4, 0.5) is 0 Å². The van der Waals surface area contributed by atoms with Crippen LogP contribution >= 0.6 is 0 Å². The maximum Gasteiger partial charge on any atom is 0.117 e. The Morgan fingerprint density at radius 1 is 0.909 bits per heavy atom. The molecule has 4 heterocycles. The van der Waals surface area contributed by atoms with E-state index in [-0.39, 0.29) is 23.4 Å². The van der Waals surface area contributed by atoms with Crippen molar-refractivity contribution in [2.24, 2.45) is 0 Å². The second kappa shape index (κ2) is 5.98. The third-order valence-electron chi connectivity index (χ3n) is 4.46. The average molecular weight is 316 g/mol. The van der Waals surface area contributed by atoms with E-state index in [4.69, 9.17) is 28.4 Å². The molecule has 4 rings (SSSR count). The predicted molar refractivity (Wildman–Crippen MR) is 73.7 cm³/mol. The fourth-order valence-electron chi connectivity index (χ4n) is 2.74. The van der Waals surface area contributed by atoms with E-state index in [1.165, 1.54) is 0 Å². The van der Waals surface area contributed by atoms with Crippen LogP contribution in [0.15, 0.2) is 0 Å². The molecular formula is C15H24O7. The number of rotatable bonds is 12. The summed E-state index contributed by atoms with van der Waals surface area (Å²) >= 11 is 0. The van der Waals surface area contributed by atoms with Crippen LogP contribution in [0.2, 0.25) is 0 Å². The summed E-state index contributed by atoms with van der Waals surface area (Å²) in [6.45, 7) is 5.17. The zero-order chi connectivity index (χ0) is 15.0. The maximum absolute atomic E-state index is 10.3. The lowest BCUT2D eigenvalue weighted by molar-refractivity contribution is 0.0148. The highest BCUT2D eigenvalue weighted by Gasteiger charge is 2.51. The van der Waals surface area contributed by atoms with E-state index in [1.54, 1.807) is 0 Å². The summed E-state index contributed by atoms with van der Waals surface area (Å²) in [5, 5.41) is 10.3. The number of aliphatic hydroxyl groups excluding tert-OH is 1. The highest BCUT2D eigenvalue weighted by atomic mass is 16.6. The first-order chi connectivity index (χ1) is 10.7. The van der Waals surface area contributed by atoms with Crippen molar-refractivity contribution in [2.75, 3.05) is 52.9 Å². The third kappa shape index (κ3) is 4.38. The lowest BCUT2D eigenvalue weighted by Crippen LogP contribution is -2.32. The van der Waals surface area contributed by atoms with E-state index in [9.17, 15) is 5.11 Å². The number of epoxide rings is 4. The first-order valence-corrected chi connectivity index (χ1v) is 8.02. The molecule has 0 aromatic carbocycles. The van der Waals surface area contributed by atoms with Gasteiger partial charge in [0, 0.05) is 12.8 Å². The molecule has 1 N–H and O–H groups in total. The van der Waals surface area contributed by atoms with Crippen LogP contribution in [0.3, 0.4) is 0 Å². The Morgan fingerprint density at radius 2 is 1.32 bits per heavy atom. The molecule has 0 spiro atoms. The van der Waals surface area contributed by atoms with Crippen LogP contribution in [0.25, 0.3) is 0 Å². The first-order valence-electron chi connectivity index (χ1n) is 8.02. The zero-order valence-corrected chi connectivity index (χ0v) is 12.7. The van der Waals surface area contributed by atoms with Crippen molar-refractivity contribution in [3.05, 3.63) is 0 Å². The van der Waals surface area contributed by atoms with Gasteiger partial charge < -0.3 is 33.5 Å². The second-order valence-corrected chi connectivity index (χ2v) is 6.95. The van der Waals surface area contributed by atoms with Crippen molar-refractivity contribution in [1.29, 1.82) is 0 Å². The molecule has 7 heteroatoms. The molecule has 0 radical (unpaired) electrons. The Kier molecular flexibility index (Phi) is 4.14. The molecule has 22 heavy (non-hydrogen) atoms. The van der Waals surface area contributed by atoms with Gasteiger partial charge in [0.2, 0.25) is 0 Å². The van der Waals surface area contributed by atoms with E-state index in [1.807, 2.05) is 0 Å². The Hall–Kier alpha value is -0.280. The van der Waals surface area contributed by atoms with Crippen molar-refractivity contribution < 1.29 is 33.5 Å². The summed E-state index contributed by atoms with van der Waals surface area (Å²) in [7, 11) is 0. The quantitative estimate of drug-likeness (QED) is 0.485. The van der Waals surface area contributed by atoms with Gasteiger partial charge in [-0.25, -0.2) is 0 Å². The van der Waals surface area contributed by atoms with Crippen molar-refractivity contribution >= 4 is 0 Å². The van der Waals surface area contributed by atoms with E-state index in [0.29, 0.717) is 52.5 Å². The fraction of sp³-hybridized carbons (Fsp3) is 1.00. The lowest BCUT2D eigenvalue weighted by atomic mass is 9.95. The molecule has 0 aromatic rings. The smallest absolute Gasteiger partial charge is 0.117 e. The zero-order valence-electron chi connectivity index (χ0n) is 12.7. The summed E-state index contributed by atoms with van der Waals surface area (Å²) in [6.07, 6.45) is 1.21. The summed E-state index contributed by atoms with van der Waals surface area (Å²) in [4.78, 5) is 0. The van der Waals surface area contributed by atoms with E-state index in [2.05, 4.69) is 0 Å². The number of hydrogen-bond donors (Lipinski definition) is 1. The van der Waals surface area contributed by atoms with Crippen LogP contribution in [0.1, 0.15) is 12.8 Å². The molecule has 0 aromatic heterocycles. The minimum absolute atomic E-state index is 0.261. The van der Waals surface area contributed by atoms with Gasteiger partial charge in [-0.15, -0.1) is 0 Å². The standard InChI is InChI=1S/C15H24O7/c16-11(1-14(9-21-14)7-17-3-12-5-19-12)2-15(10-22-15)8-18-4-13-6-20-13/h11-13,16H,1-10H2.